The van der Waals surface area contributed by atoms with E-state index in [1.165, 1.54) is 6.26 Å². The van der Waals surface area contributed by atoms with E-state index in [4.69, 9.17) is 4.89 Å². The van der Waals surface area contributed by atoms with Gasteiger partial charge in [-0.3, -0.25) is 0 Å². The average molecular weight is 200 g/mol. The van der Waals surface area contributed by atoms with E-state index in [0.29, 0.717) is 0 Å². The molecule has 4 nitrogen and oxygen atoms in total. The molecule has 70 valence electrons. The van der Waals surface area contributed by atoms with E-state index in [1.54, 1.807) is 6.08 Å². The van der Waals surface area contributed by atoms with Crippen molar-refractivity contribution in [2.45, 2.75) is 0 Å². The smallest absolute Gasteiger partial charge is 0.344 e. The van der Waals surface area contributed by atoms with Gasteiger partial charge in [0.1, 0.15) is 0 Å². The van der Waals surface area contributed by atoms with E-state index in [2.05, 4.69) is 4.52 Å². The molecule has 1 rings (SSSR count). The van der Waals surface area contributed by atoms with Crippen molar-refractivity contribution in [2.75, 3.05) is 0 Å². The van der Waals surface area contributed by atoms with E-state index >= 15 is 0 Å². The van der Waals surface area contributed by atoms with Crippen LogP contribution in [0.3, 0.4) is 0 Å². The van der Waals surface area contributed by atoms with Crippen LogP contribution in [0.4, 0.5) is 0 Å². The summed E-state index contributed by atoms with van der Waals surface area (Å²) >= 11 is 0. The second-order valence-electron chi connectivity index (χ2n) is 2.06. The fourth-order valence-electron chi connectivity index (χ4n) is 0.725. The topological polar surface area (TPSA) is 81.5 Å². The highest BCUT2D eigenvalue weighted by atomic mass is 31.1. The second kappa shape index (κ2) is 6.31. The molecule has 0 aliphatic rings. The quantitative estimate of drug-likeness (QED) is 0.580. The molecular formula is C8H11NO3P+. The van der Waals surface area contributed by atoms with Crippen LogP contribution in [0, 0.1) is 0 Å². The Labute approximate surface area is 77.4 Å². The van der Waals surface area contributed by atoms with Gasteiger partial charge in [0.2, 0.25) is 0 Å². The molecule has 0 saturated carbocycles. The Kier molecular flexibility index (Phi) is 5.72. The zero-order valence-corrected chi connectivity index (χ0v) is 7.85. The van der Waals surface area contributed by atoms with Gasteiger partial charge < -0.3 is 6.15 Å². The standard InChI is InChI=1S/C8H7O3P.H3N/c9-12(10)11-7-6-8-4-2-1-3-5-8;/h1-7H;1H3/p+1. The number of hydrogen-bond donors (Lipinski definition) is 2. The molecule has 1 atom stereocenters. The minimum atomic E-state index is -2.53. The van der Waals surface area contributed by atoms with Crippen molar-refractivity contribution in [1.82, 2.24) is 6.15 Å². The van der Waals surface area contributed by atoms with Gasteiger partial charge in [-0.2, -0.15) is 0 Å². The summed E-state index contributed by atoms with van der Waals surface area (Å²) in [5, 5.41) is 0. The second-order valence-corrected chi connectivity index (χ2v) is 2.74. The molecule has 1 aromatic rings. The molecule has 0 amide bonds. The first-order valence-corrected chi connectivity index (χ1v) is 4.46. The van der Waals surface area contributed by atoms with Gasteiger partial charge in [0.05, 0.1) is 0 Å². The molecular weight excluding hydrogens is 189 g/mol. The SMILES string of the molecule is N.O=[P+](O)OC=Cc1ccccc1. The van der Waals surface area contributed by atoms with Crippen molar-refractivity contribution in [1.29, 1.82) is 0 Å². The van der Waals surface area contributed by atoms with Crippen molar-refractivity contribution in [3.63, 3.8) is 0 Å². The molecule has 0 spiro atoms. The maximum atomic E-state index is 10.1. The Balaban J connectivity index is 0.00000144. The van der Waals surface area contributed by atoms with Crippen LogP contribution in [0.2, 0.25) is 0 Å². The lowest BCUT2D eigenvalue weighted by molar-refractivity contribution is 0.379. The van der Waals surface area contributed by atoms with Crippen molar-refractivity contribution >= 4 is 14.3 Å². The fourth-order valence-corrected chi connectivity index (χ4v) is 0.890. The lowest BCUT2D eigenvalue weighted by atomic mass is 10.2. The Morgan fingerprint density at radius 2 is 1.92 bits per heavy atom. The van der Waals surface area contributed by atoms with Crippen LogP contribution in [0.25, 0.3) is 6.08 Å². The van der Waals surface area contributed by atoms with Crippen LogP contribution in [0.1, 0.15) is 5.56 Å². The summed E-state index contributed by atoms with van der Waals surface area (Å²) < 4.78 is 14.4. The summed E-state index contributed by atoms with van der Waals surface area (Å²) in [6.45, 7) is 0. The molecule has 4 N–H and O–H groups in total. The summed E-state index contributed by atoms with van der Waals surface area (Å²) in [6, 6.07) is 9.37. The number of hydrogen-bond acceptors (Lipinski definition) is 3. The van der Waals surface area contributed by atoms with Crippen LogP contribution in [0.5, 0.6) is 0 Å². The Hall–Kier alpha value is -1.22. The summed E-state index contributed by atoms with van der Waals surface area (Å²) in [7, 11) is -2.53. The molecule has 1 aromatic carbocycles. The largest absolute Gasteiger partial charge is 0.746 e. The highest BCUT2D eigenvalue weighted by molar-refractivity contribution is 7.32. The van der Waals surface area contributed by atoms with Gasteiger partial charge in [-0.25, -0.2) is 4.52 Å². The van der Waals surface area contributed by atoms with Gasteiger partial charge in [0, 0.05) is 4.57 Å². The van der Waals surface area contributed by atoms with Gasteiger partial charge >= 0.3 is 8.25 Å². The molecule has 0 heterocycles. The van der Waals surface area contributed by atoms with Gasteiger partial charge in [0.25, 0.3) is 0 Å². The van der Waals surface area contributed by atoms with Gasteiger partial charge in [-0.15, -0.1) is 4.89 Å². The first-order valence-electron chi connectivity index (χ1n) is 3.33. The van der Waals surface area contributed by atoms with Crippen LogP contribution in [-0.4, -0.2) is 4.89 Å². The van der Waals surface area contributed by atoms with Crippen molar-refractivity contribution in [3.05, 3.63) is 42.2 Å². The molecule has 13 heavy (non-hydrogen) atoms. The Bertz CT molecular complexity index is 287. The van der Waals surface area contributed by atoms with E-state index in [9.17, 15) is 4.57 Å². The first kappa shape index (κ1) is 11.8. The van der Waals surface area contributed by atoms with Crippen LogP contribution < -0.4 is 6.15 Å². The van der Waals surface area contributed by atoms with Crippen molar-refractivity contribution in [2.24, 2.45) is 0 Å². The molecule has 0 aliphatic heterocycles. The number of benzene rings is 1. The highest BCUT2D eigenvalue weighted by Gasteiger charge is 2.06. The summed E-state index contributed by atoms with van der Waals surface area (Å²) in [4.78, 5) is 8.27. The lowest BCUT2D eigenvalue weighted by Crippen LogP contribution is -1.69. The first-order chi connectivity index (χ1) is 5.79. The van der Waals surface area contributed by atoms with Gasteiger partial charge in [-0.1, -0.05) is 30.3 Å². The Morgan fingerprint density at radius 1 is 1.31 bits per heavy atom. The van der Waals surface area contributed by atoms with E-state index in [0.717, 1.165) is 5.56 Å². The molecule has 1 unspecified atom stereocenters. The summed E-state index contributed by atoms with van der Waals surface area (Å²) in [5.41, 5.74) is 0.925. The third kappa shape index (κ3) is 5.09. The van der Waals surface area contributed by atoms with Gasteiger partial charge in [-0.05, 0) is 11.6 Å². The molecule has 0 aromatic heterocycles. The highest BCUT2D eigenvalue weighted by Crippen LogP contribution is 2.15. The molecule has 0 aliphatic carbocycles. The molecule has 0 saturated heterocycles. The maximum Gasteiger partial charge on any atom is 0.746 e. The third-order valence-electron chi connectivity index (χ3n) is 1.21. The van der Waals surface area contributed by atoms with Crippen molar-refractivity contribution < 1.29 is 14.0 Å². The minimum absolute atomic E-state index is 0. The van der Waals surface area contributed by atoms with Crippen LogP contribution >= 0.6 is 8.25 Å². The van der Waals surface area contributed by atoms with Gasteiger partial charge in [0.15, 0.2) is 6.26 Å². The molecule has 0 bridgehead atoms. The summed E-state index contributed by atoms with van der Waals surface area (Å²) in [5.74, 6) is 0. The average Bonchev–Trinajstić information content (AvgIpc) is 2.05. The van der Waals surface area contributed by atoms with Crippen LogP contribution in [-0.2, 0) is 9.09 Å². The third-order valence-corrected chi connectivity index (χ3v) is 1.51. The lowest BCUT2D eigenvalue weighted by Gasteiger charge is -1.87. The van der Waals surface area contributed by atoms with Crippen molar-refractivity contribution in [3.8, 4) is 0 Å². The fraction of sp³-hybridized carbons (Fsp3) is 0. The zero-order chi connectivity index (χ0) is 8.81. The minimum Gasteiger partial charge on any atom is -0.344 e. The molecule has 0 fully saturated rings. The predicted octanol–water partition coefficient (Wildman–Crippen LogP) is 2.49. The normalized spacial score (nSPS) is 10.7. The van der Waals surface area contributed by atoms with E-state index in [1.807, 2.05) is 30.3 Å². The van der Waals surface area contributed by atoms with Crippen LogP contribution in [0.15, 0.2) is 36.6 Å². The number of rotatable bonds is 3. The monoisotopic (exact) mass is 200 g/mol. The molecule has 0 radical (unpaired) electrons. The Morgan fingerprint density at radius 3 is 2.46 bits per heavy atom. The maximum absolute atomic E-state index is 10.1. The summed E-state index contributed by atoms with van der Waals surface area (Å²) in [6.07, 6.45) is 2.82. The zero-order valence-electron chi connectivity index (χ0n) is 6.96. The van der Waals surface area contributed by atoms with E-state index in [-0.39, 0.29) is 6.15 Å². The molecule has 5 heteroatoms. The van der Waals surface area contributed by atoms with E-state index < -0.39 is 8.25 Å². The predicted molar refractivity (Wildman–Crippen MR) is 51.4 cm³/mol.